The van der Waals surface area contributed by atoms with Crippen molar-refractivity contribution in [2.24, 2.45) is 0 Å². The standard InChI is InChI=1S/C5H6O4.2C5H4O3/c1-3(5(8)9)2-4(6)7;2*1-3-2-4(6)8-5(3)7/h1-2H2,(H,6,7)(H,8,9);2*2H,1H3. The van der Waals surface area contributed by atoms with Gasteiger partial charge >= 0.3 is 35.8 Å². The molecule has 0 atom stereocenters. The minimum atomic E-state index is -1.27. The fraction of sp³-hybridized carbons (Fsp3) is 0.200. The highest BCUT2D eigenvalue weighted by Gasteiger charge is 2.19. The number of cyclic esters (lactones) is 4. The van der Waals surface area contributed by atoms with Gasteiger partial charge in [-0.2, -0.15) is 0 Å². The van der Waals surface area contributed by atoms with Gasteiger partial charge in [0.1, 0.15) is 0 Å². The second-order valence-corrected chi connectivity index (χ2v) is 4.55. The summed E-state index contributed by atoms with van der Waals surface area (Å²) in [6.07, 6.45) is 1.83. The molecule has 0 aromatic carbocycles. The van der Waals surface area contributed by atoms with E-state index in [4.69, 9.17) is 10.2 Å². The normalized spacial score (nSPS) is 14.8. The first-order valence-corrected chi connectivity index (χ1v) is 6.45. The fourth-order valence-corrected chi connectivity index (χ4v) is 1.13. The lowest BCUT2D eigenvalue weighted by Crippen LogP contribution is -2.04. The van der Waals surface area contributed by atoms with E-state index in [1.807, 2.05) is 0 Å². The third-order valence-electron chi connectivity index (χ3n) is 2.37. The number of carboxylic acids is 2. The lowest BCUT2D eigenvalue weighted by molar-refractivity contribution is -0.152. The molecule has 10 nitrogen and oxygen atoms in total. The zero-order valence-corrected chi connectivity index (χ0v) is 13.2. The van der Waals surface area contributed by atoms with E-state index in [0.717, 1.165) is 0 Å². The van der Waals surface area contributed by atoms with Crippen LogP contribution in [0.15, 0.2) is 35.5 Å². The van der Waals surface area contributed by atoms with Crippen LogP contribution in [0.4, 0.5) is 0 Å². The molecule has 0 amide bonds. The van der Waals surface area contributed by atoms with Crippen LogP contribution >= 0.6 is 0 Å². The first-order chi connectivity index (χ1) is 11.4. The molecular formula is C15H14O10. The maximum absolute atomic E-state index is 10.3. The minimum Gasteiger partial charge on any atom is -0.481 e. The third-order valence-corrected chi connectivity index (χ3v) is 2.37. The van der Waals surface area contributed by atoms with E-state index in [-0.39, 0.29) is 5.57 Å². The van der Waals surface area contributed by atoms with Crippen LogP contribution in [-0.2, 0) is 38.2 Å². The van der Waals surface area contributed by atoms with Crippen LogP contribution in [0, 0.1) is 0 Å². The molecule has 0 radical (unpaired) electrons. The Morgan fingerprint density at radius 1 is 0.920 bits per heavy atom. The highest BCUT2D eigenvalue weighted by Crippen LogP contribution is 2.05. The zero-order chi connectivity index (χ0) is 19.7. The van der Waals surface area contributed by atoms with Crippen molar-refractivity contribution in [3.8, 4) is 0 Å². The van der Waals surface area contributed by atoms with Gasteiger partial charge in [0.25, 0.3) is 0 Å². The molecule has 0 unspecified atom stereocenters. The summed E-state index contributed by atoms with van der Waals surface area (Å²) >= 11 is 0. The number of carbonyl (C=O) groups is 6. The van der Waals surface area contributed by atoms with Crippen LogP contribution in [0.25, 0.3) is 0 Å². The summed E-state index contributed by atoms with van der Waals surface area (Å²) < 4.78 is 8.21. The van der Waals surface area contributed by atoms with Gasteiger partial charge in [-0.25, -0.2) is 24.0 Å². The number of hydrogen-bond donors (Lipinski definition) is 2. The lowest BCUT2D eigenvalue weighted by Gasteiger charge is -1.91. The van der Waals surface area contributed by atoms with Gasteiger partial charge in [0.05, 0.1) is 6.42 Å². The van der Waals surface area contributed by atoms with Crippen LogP contribution in [-0.4, -0.2) is 46.0 Å². The largest absolute Gasteiger partial charge is 0.481 e. The number of rotatable bonds is 3. The first-order valence-electron chi connectivity index (χ1n) is 6.45. The van der Waals surface area contributed by atoms with Crippen molar-refractivity contribution < 1.29 is 48.5 Å². The summed E-state index contributed by atoms with van der Waals surface area (Å²) in [7, 11) is 0. The van der Waals surface area contributed by atoms with Crippen molar-refractivity contribution in [1.82, 2.24) is 0 Å². The van der Waals surface area contributed by atoms with Crippen molar-refractivity contribution in [2.45, 2.75) is 20.3 Å². The molecule has 2 aliphatic heterocycles. The van der Waals surface area contributed by atoms with Crippen molar-refractivity contribution in [1.29, 1.82) is 0 Å². The molecule has 2 aliphatic rings. The second-order valence-electron chi connectivity index (χ2n) is 4.55. The summed E-state index contributed by atoms with van der Waals surface area (Å²) in [5.74, 6) is -4.63. The Bertz CT molecular complexity index is 666. The quantitative estimate of drug-likeness (QED) is 0.405. The summed E-state index contributed by atoms with van der Waals surface area (Å²) in [5, 5.41) is 16.1. The molecular weight excluding hydrogens is 340 g/mol. The number of carboxylic acid groups (broad SMARTS) is 2. The van der Waals surface area contributed by atoms with Crippen LogP contribution in [0.5, 0.6) is 0 Å². The number of esters is 4. The van der Waals surface area contributed by atoms with Crippen LogP contribution in [0.1, 0.15) is 20.3 Å². The smallest absolute Gasteiger partial charge is 0.341 e. The van der Waals surface area contributed by atoms with Gasteiger partial charge in [-0.05, 0) is 13.8 Å². The average molecular weight is 354 g/mol. The first kappa shape index (κ1) is 21.4. The molecule has 2 rings (SSSR count). The van der Waals surface area contributed by atoms with E-state index >= 15 is 0 Å². The molecule has 0 aromatic heterocycles. The van der Waals surface area contributed by atoms with Crippen molar-refractivity contribution in [2.75, 3.05) is 0 Å². The zero-order valence-electron chi connectivity index (χ0n) is 13.2. The highest BCUT2D eigenvalue weighted by molar-refractivity contribution is 6.08. The SMILES string of the molecule is C=C(CC(=O)O)C(=O)O.CC1=CC(=O)OC1=O.CC1=CC(=O)OC1=O. The van der Waals surface area contributed by atoms with Gasteiger partial charge in [-0.1, -0.05) is 6.58 Å². The number of hydrogen-bond acceptors (Lipinski definition) is 8. The van der Waals surface area contributed by atoms with Crippen molar-refractivity contribution >= 4 is 35.8 Å². The van der Waals surface area contributed by atoms with Crippen LogP contribution < -0.4 is 0 Å². The Labute approximate surface area is 141 Å². The molecule has 10 heteroatoms. The van der Waals surface area contributed by atoms with Gasteiger partial charge in [-0.15, -0.1) is 0 Å². The molecule has 0 aliphatic carbocycles. The molecule has 2 heterocycles. The molecule has 0 aromatic rings. The molecule has 0 spiro atoms. The fourth-order valence-electron chi connectivity index (χ4n) is 1.13. The van der Waals surface area contributed by atoms with Crippen molar-refractivity contribution in [3.05, 3.63) is 35.5 Å². The monoisotopic (exact) mass is 354 g/mol. The van der Waals surface area contributed by atoms with Gasteiger partial charge in [0.2, 0.25) is 0 Å². The minimum absolute atomic E-state index is 0.303. The molecule has 0 saturated heterocycles. The Balaban J connectivity index is 0.000000346. The summed E-state index contributed by atoms with van der Waals surface area (Å²) in [5.41, 5.74) is 0.438. The van der Waals surface area contributed by atoms with E-state index in [9.17, 15) is 28.8 Å². The second kappa shape index (κ2) is 9.55. The van der Waals surface area contributed by atoms with E-state index in [0.29, 0.717) is 11.1 Å². The van der Waals surface area contributed by atoms with Crippen molar-refractivity contribution in [3.63, 3.8) is 0 Å². The van der Waals surface area contributed by atoms with E-state index < -0.39 is 42.2 Å². The van der Waals surface area contributed by atoms with Gasteiger partial charge in [0, 0.05) is 28.9 Å². The summed E-state index contributed by atoms with van der Waals surface area (Å²) in [6, 6.07) is 0. The number of carbonyl (C=O) groups excluding carboxylic acids is 4. The highest BCUT2D eigenvalue weighted by atomic mass is 16.6. The lowest BCUT2D eigenvalue weighted by atomic mass is 10.2. The molecule has 0 fully saturated rings. The Hall–Kier alpha value is -3.56. The van der Waals surface area contributed by atoms with Crippen LogP contribution in [0.3, 0.4) is 0 Å². The maximum atomic E-state index is 10.3. The molecule has 25 heavy (non-hydrogen) atoms. The van der Waals surface area contributed by atoms with Gasteiger partial charge in [0.15, 0.2) is 0 Å². The van der Waals surface area contributed by atoms with E-state index in [1.54, 1.807) is 0 Å². The number of ether oxygens (including phenoxy) is 2. The van der Waals surface area contributed by atoms with Gasteiger partial charge in [-0.3, -0.25) is 4.79 Å². The Kier molecular flexibility index (Phi) is 8.19. The predicted octanol–water partition coefficient (Wildman–Crippen LogP) is 0.134. The predicted molar refractivity (Wildman–Crippen MR) is 78.7 cm³/mol. The van der Waals surface area contributed by atoms with E-state index in [2.05, 4.69) is 16.1 Å². The summed E-state index contributed by atoms with van der Waals surface area (Å²) in [4.78, 5) is 60.5. The Morgan fingerprint density at radius 2 is 1.28 bits per heavy atom. The Morgan fingerprint density at radius 3 is 1.36 bits per heavy atom. The summed E-state index contributed by atoms with van der Waals surface area (Å²) in [6.45, 7) is 6.08. The van der Waals surface area contributed by atoms with Gasteiger partial charge < -0.3 is 19.7 Å². The third kappa shape index (κ3) is 8.59. The average Bonchev–Trinajstić information content (AvgIpc) is 2.91. The molecule has 0 bridgehead atoms. The topological polar surface area (TPSA) is 161 Å². The molecule has 0 saturated carbocycles. The maximum Gasteiger partial charge on any atom is 0.341 e. The molecule has 134 valence electrons. The van der Waals surface area contributed by atoms with E-state index in [1.165, 1.54) is 26.0 Å². The number of aliphatic carboxylic acids is 2. The molecule has 2 N–H and O–H groups in total. The van der Waals surface area contributed by atoms with Crippen LogP contribution in [0.2, 0.25) is 0 Å².